The third-order valence-electron chi connectivity index (χ3n) is 4.30. The van der Waals surface area contributed by atoms with Crippen LogP contribution in [-0.4, -0.2) is 29.5 Å². The average Bonchev–Trinajstić information content (AvgIpc) is 2.65. The maximum absolute atomic E-state index is 13.0. The quantitative estimate of drug-likeness (QED) is 0.342. The van der Waals surface area contributed by atoms with Gasteiger partial charge in [-0.05, 0) is 55.2 Å². The fourth-order valence-corrected chi connectivity index (χ4v) is 4.77. The van der Waals surface area contributed by atoms with Crippen LogP contribution < -0.4 is 0 Å². The van der Waals surface area contributed by atoms with E-state index in [-0.39, 0.29) is 5.78 Å². The molecule has 2 aromatic carbocycles. The van der Waals surface area contributed by atoms with Crippen molar-refractivity contribution < 1.29 is 4.79 Å². The number of hydrogen-bond donors (Lipinski definition) is 0. The van der Waals surface area contributed by atoms with Crippen LogP contribution in [0.4, 0.5) is 0 Å². The Labute approximate surface area is 176 Å². The van der Waals surface area contributed by atoms with Crippen LogP contribution in [0, 0.1) is 0 Å². The van der Waals surface area contributed by atoms with Gasteiger partial charge in [-0.1, -0.05) is 50.1 Å². The number of halogens is 2. The molecule has 2 nitrogen and oxygen atoms in total. The van der Waals surface area contributed by atoms with E-state index in [9.17, 15) is 4.79 Å². The minimum absolute atomic E-state index is 0.165. The number of allylic oxidation sites excluding steroid dienone is 1. The minimum Gasteiger partial charge on any atom is -0.377 e. The van der Waals surface area contributed by atoms with E-state index in [0.717, 1.165) is 38.1 Å². The van der Waals surface area contributed by atoms with Gasteiger partial charge in [-0.3, -0.25) is 4.79 Å². The minimum atomic E-state index is 0.165. The zero-order chi connectivity index (χ0) is 18.4. The number of piperidine rings is 1. The predicted molar refractivity (Wildman–Crippen MR) is 117 cm³/mol. The molecule has 0 amide bonds. The summed E-state index contributed by atoms with van der Waals surface area (Å²) in [4.78, 5) is 16.4. The number of rotatable bonds is 6. The highest BCUT2D eigenvalue weighted by Crippen LogP contribution is 2.27. The van der Waals surface area contributed by atoms with Crippen molar-refractivity contribution in [3.05, 3.63) is 69.2 Å². The van der Waals surface area contributed by atoms with Gasteiger partial charge in [-0.25, -0.2) is 0 Å². The molecular formula is C21H21Br2NOS. The lowest BCUT2D eigenvalue weighted by Crippen LogP contribution is -2.25. The van der Waals surface area contributed by atoms with Crippen LogP contribution >= 0.6 is 43.6 Å². The van der Waals surface area contributed by atoms with Crippen LogP contribution in [0.25, 0.3) is 5.57 Å². The average molecular weight is 495 g/mol. The van der Waals surface area contributed by atoms with E-state index < -0.39 is 0 Å². The Morgan fingerprint density at radius 2 is 1.69 bits per heavy atom. The second-order valence-electron chi connectivity index (χ2n) is 6.32. The molecule has 1 aliphatic rings. The third-order valence-corrected chi connectivity index (χ3v) is 6.28. The van der Waals surface area contributed by atoms with Gasteiger partial charge in [-0.2, -0.15) is 0 Å². The summed E-state index contributed by atoms with van der Waals surface area (Å²) in [5, 5.41) is 0. The van der Waals surface area contributed by atoms with Crippen molar-refractivity contribution in [2.24, 2.45) is 0 Å². The molecule has 1 heterocycles. The second kappa shape index (κ2) is 9.77. The van der Waals surface area contributed by atoms with Gasteiger partial charge >= 0.3 is 0 Å². The van der Waals surface area contributed by atoms with Crippen molar-refractivity contribution in [2.75, 3.05) is 18.8 Å². The van der Waals surface area contributed by atoms with Crippen LogP contribution in [0.3, 0.4) is 0 Å². The molecule has 0 aliphatic carbocycles. The van der Waals surface area contributed by atoms with Crippen LogP contribution in [0.15, 0.2) is 68.6 Å². The third kappa shape index (κ3) is 5.73. The molecule has 1 fully saturated rings. The maximum Gasteiger partial charge on any atom is 0.175 e. The molecule has 2 aromatic rings. The standard InChI is InChI=1S/C21H21Br2NOS/c22-17-7-4-6-16(12-17)20(14-24-10-2-1-3-11-24)21(25)15-26-19-9-5-8-18(23)13-19/h4-9,12-14H,1-3,10-11,15H2. The van der Waals surface area contributed by atoms with Crippen molar-refractivity contribution in [2.45, 2.75) is 24.2 Å². The zero-order valence-electron chi connectivity index (χ0n) is 14.5. The van der Waals surface area contributed by atoms with Gasteiger partial charge in [-0.15, -0.1) is 11.8 Å². The van der Waals surface area contributed by atoms with Crippen LogP contribution in [0.2, 0.25) is 0 Å². The van der Waals surface area contributed by atoms with E-state index in [2.05, 4.69) is 43.0 Å². The van der Waals surface area contributed by atoms with Gasteiger partial charge in [0.05, 0.1) is 5.75 Å². The number of Topliss-reactive ketones (excluding diaryl/α,β-unsaturated/α-hetero) is 1. The van der Waals surface area contributed by atoms with E-state index in [1.54, 1.807) is 11.8 Å². The van der Waals surface area contributed by atoms with Crippen molar-refractivity contribution >= 4 is 55.0 Å². The molecule has 0 spiro atoms. The first kappa shape index (κ1) is 19.7. The zero-order valence-corrected chi connectivity index (χ0v) is 18.4. The van der Waals surface area contributed by atoms with E-state index in [0.29, 0.717) is 5.75 Å². The summed E-state index contributed by atoms with van der Waals surface area (Å²) in [5.41, 5.74) is 1.78. The second-order valence-corrected chi connectivity index (χ2v) is 9.20. The predicted octanol–water partition coefficient (Wildman–Crippen LogP) is 6.40. The summed E-state index contributed by atoms with van der Waals surface area (Å²) in [7, 11) is 0. The van der Waals surface area contributed by atoms with Gasteiger partial charge < -0.3 is 4.90 Å². The monoisotopic (exact) mass is 493 g/mol. The summed E-state index contributed by atoms with van der Waals surface area (Å²) in [5.74, 6) is 0.599. The number of carbonyl (C=O) groups is 1. The summed E-state index contributed by atoms with van der Waals surface area (Å²) in [6, 6.07) is 16.1. The first-order valence-corrected chi connectivity index (χ1v) is 11.3. The largest absolute Gasteiger partial charge is 0.377 e. The van der Waals surface area contributed by atoms with Crippen LogP contribution in [0.1, 0.15) is 24.8 Å². The van der Waals surface area contributed by atoms with Gasteiger partial charge in [0, 0.05) is 38.7 Å². The van der Waals surface area contributed by atoms with E-state index >= 15 is 0 Å². The summed E-state index contributed by atoms with van der Waals surface area (Å²) >= 11 is 8.59. The molecule has 0 bridgehead atoms. The fourth-order valence-electron chi connectivity index (χ4n) is 2.98. The number of nitrogens with zero attached hydrogens (tertiary/aromatic N) is 1. The fraction of sp³-hybridized carbons (Fsp3) is 0.286. The Bertz CT molecular complexity index is 800. The van der Waals surface area contributed by atoms with Gasteiger partial charge in [0.25, 0.3) is 0 Å². The van der Waals surface area contributed by atoms with Gasteiger partial charge in [0.2, 0.25) is 0 Å². The van der Waals surface area contributed by atoms with Crippen molar-refractivity contribution in [3.8, 4) is 0 Å². The SMILES string of the molecule is O=C(CSc1cccc(Br)c1)C(=CN1CCCCC1)c1cccc(Br)c1. The highest BCUT2D eigenvalue weighted by atomic mass is 79.9. The van der Waals surface area contributed by atoms with Crippen molar-refractivity contribution in [1.82, 2.24) is 4.90 Å². The molecule has 0 atom stereocenters. The maximum atomic E-state index is 13.0. The van der Waals surface area contributed by atoms with Gasteiger partial charge in [0.15, 0.2) is 5.78 Å². The number of carbonyl (C=O) groups excluding carboxylic acids is 1. The topological polar surface area (TPSA) is 20.3 Å². The number of ketones is 1. The summed E-state index contributed by atoms with van der Waals surface area (Å²) in [6.45, 7) is 2.06. The number of thioether (sulfide) groups is 1. The Hall–Kier alpha value is -1.04. The Morgan fingerprint density at radius 1 is 1.00 bits per heavy atom. The van der Waals surface area contributed by atoms with Crippen molar-refractivity contribution in [3.63, 3.8) is 0 Å². The molecule has 136 valence electrons. The molecular weight excluding hydrogens is 474 g/mol. The Balaban J connectivity index is 1.79. The first-order chi connectivity index (χ1) is 12.6. The van der Waals surface area contributed by atoms with Crippen LogP contribution in [0.5, 0.6) is 0 Å². The Morgan fingerprint density at radius 3 is 2.38 bits per heavy atom. The molecule has 1 aliphatic heterocycles. The smallest absolute Gasteiger partial charge is 0.175 e. The number of benzene rings is 2. The summed E-state index contributed by atoms with van der Waals surface area (Å²) in [6.07, 6.45) is 5.75. The molecule has 3 rings (SSSR count). The van der Waals surface area contributed by atoms with E-state index in [1.165, 1.54) is 19.3 Å². The highest BCUT2D eigenvalue weighted by Gasteiger charge is 2.16. The molecule has 0 N–H and O–H groups in total. The molecule has 0 saturated carbocycles. The number of likely N-dealkylation sites (tertiary alicyclic amines) is 1. The van der Waals surface area contributed by atoms with Crippen LogP contribution in [-0.2, 0) is 4.79 Å². The van der Waals surface area contributed by atoms with Gasteiger partial charge in [0.1, 0.15) is 0 Å². The lowest BCUT2D eigenvalue weighted by molar-refractivity contribution is -0.111. The first-order valence-electron chi connectivity index (χ1n) is 8.75. The molecule has 26 heavy (non-hydrogen) atoms. The lowest BCUT2D eigenvalue weighted by atomic mass is 10.0. The Kier molecular flexibility index (Phi) is 7.41. The number of hydrogen-bond acceptors (Lipinski definition) is 3. The molecule has 1 saturated heterocycles. The molecule has 0 radical (unpaired) electrons. The molecule has 0 unspecified atom stereocenters. The van der Waals surface area contributed by atoms with E-state index in [4.69, 9.17) is 0 Å². The normalized spacial score (nSPS) is 15.2. The highest BCUT2D eigenvalue weighted by molar-refractivity contribution is 9.10. The van der Waals surface area contributed by atoms with E-state index in [1.807, 2.05) is 48.5 Å². The lowest BCUT2D eigenvalue weighted by Gasteiger charge is -2.26. The molecule has 5 heteroatoms. The molecule has 0 aromatic heterocycles. The van der Waals surface area contributed by atoms with Crippen molar-refractivity contribution in [1.29, 1.82) is 0 Å². The summed E-state index contributed by atoms with van der Waals surface area (Å²) < 4.78 is 2.03.